The summed E-state index contributed by atoms with van der Waals surface area (Å²) in [5.41, 5.74) is 0.956. The smallest absolute Gasteiger partial charge is 0.266 e. The van der Waals surface area contributed by atoms with E-state index < -0.39 is 0 Å². The van der Waals surface area contributed by atoms with Crippen LogP contribution < -0.4 is 20.3 Å². The highest BCUT2D eigenvalue weighted by atomic mass is 32.1. The molecule has 0 aliphatic carbocycles. The molecule has 0 fully saturated rings. The number of thiophene rings is 1. The van der Waals surface area contributed by atoms with Crippen LogP contribution in [0.1, 0.15) is 9.67 Å². The molecule has 3 aromatic heterocycles. The van der Waals surface area contributed by atoms with Gasteiger partial charge in [-0.15, -0.1) is 11.3 Å². The molecule has 7 nitrogen and oxygen atoms in total. The van der Waals surface area contributed by atoms with Crippen molar-refractivity contribution < 1.29 is 14.3 Å². The molecule has 8 heteroatoms. The van der Waals surface area contributed by atoms with E-state index in [4.69, 9.17) is 9.47 Å². The molecule has 1 aromatic carbocycles. The van der Waals surface area contributed by atoms with Crippen LogP contribution in [0.25, 0.3) is 15.9 Å². The van der Waals surface area contributed by atoms with Gasteiger partial charge >= 0.3 is 0 Å². The number of aromatic nitrogens is 2. The number of carbonyl (C=O) groups is 1. The Labute approximate surface area is 156 Å². The van der Waals surface area contributed by atoms with E-state index in [9.17, 15) is 9.59 Å². The first-order chi connectivity index (χ1) is 13.2. The van der Waals surface area contributed by atoms with Gasteiger partial charge in [0.25, 0.3) is 11.5 Å². The van der Waals surface area contributed by atoms with Gasteiger partial charge in [0.15, 0.2) is 11.5 Å². The number of nitrogens with one attached hydrogen (secondary N) is 1. The van der Waals surface area contributed by atoms with E-state index in [-0.39, 0.29) is 11.5 Å². The quantitative estimate of drug-likeness (QED) is 0.579. The fraction of sp³-hybridized carbons (Fsp3) is 0.105. The molecule has 134 valence electrons. The van der Waals surface area contributed by atoms with Gasteiger partial charge in [0.1, 0.15) is 23.7 Å². The molecule has 0 saturated heterocycles. The van der Waals surface area contributed by atoms with E-state index in [0.717, 1.165) is 0 Å². The summed E-state index contributed by atoms with van der Waals surface area (Å²) >= 11 is 1.19. The molecule has 0 unspecified atom stereocenters. The standard InChI is InChI=1S/C19H13N3O4S/c23-17(20-11-4-5-13-14(9-11)26-8-7-25-13)15-10-12-18(27-15)21-16-3-1-2-6-22(16)19(12)24/h1-6,9-10H,7-8H2,(H,20,23). The number of carbonyl (C=O) groups excluding carboxylic acids is 1. The van der Waals surface area contributed by atoms with Crippen LogP contribution in [-0.4, -0.2) is 28.5 Å². The Balaban J connectivity index is 1.50. The van der Waals surface area contributed by atoms with Crippen molar-refractivity contribution in [3.05, 3.63) is 63.9 Å². The SMILES string of the molecule is O=C(Nc1ccc2c(c1)OCCO2)c1cc2c(=O)n3ccccc3nc2s1. The first-order valence-corrected chi connectivity index (χ1v) is 9.13. The second kappa shape index (κ2) is 6.10. The van der Waals surface area contributed by atoms with Gasteiger partial charge in [-0.1, -0.05) is 6.07 Å². The number of fused-ring (bicyclic) bond motifs is 3. The van der Waals surface area contributed by atoms with Crippen molar-refractivity contribution in [1.29, 1.82) is 0 Å². The summed E-state index contributed by atoms with van der Waals surface area (Å²) in [5, 5.41) is 3.26. The van der Waals surface area contributed by atoms with Crippen molar-refractivity contribution >= 4 is 38.8 Å². The Kier molecular flexibility index (Phi) is 3.58. The summed E-state index contributed by atoms with van der Waals surface area (Å²) in [6, 6.07) is 12.2. The zero-order valence-electron chi connectivity index (χ0n) is 14.0. The largest absolute Gasteiger partial charge is 0.486 e. The van der Waals surface area contributed by atoms with Gasteiger partial charge in [-0.05, 0) is 30.3 Å². The van der Waals surface area contributed by atoms with Crippen LogP contribution in [0, 0.1) is 0 Å². The predicted octanol–water partition coefficient (Wildman–Crippen LogP) is 2.93. The van der Waals surface area contributed by atoms with Crippen molar-refractivity contribution in [2.75, 3.05) is 18.5 Å². The van der Waals surface area contributed by atoms with Gasteiger partial charge in [-0.25, -0.2) is 4.98 Å². The second-order valence-corrected chi connectivity index (χ2v) is 7.02. The molecule has 1 aliphatic rings. The Bertz CT molecular complexity index is 1260. The van der Waals surface area contributed by atoms with Gasteiger partial charge in [-0.2, -0.15) is 0 Å². The lowest BCUT2D eigenvalue weighted by Gasteiger charge is -2.18. The molecule has 4 aromatic rings. The van der Waals surface area contributed by atoms with Crippen LogP contribution in [0.15, 0.2) is 53.5 Å². The Morgan fingerprint density at radius 2 is 1.96 bits per heavy atom. The summed E-state index contributed by atoms with van der Waals surface area (Å²) in [5.74, 6) is 0.953. The summed E-state index contributed by atoms with van der Waals surface area (Å²) in [6.07, 6.45) is 1.66. The zero-order chi connectivity index (χ0) is 18.4. The van der Waals surface area contributed by atoms with Crippen LogP contribution in [0.4, 0.5) is 5.69 Å². The molecule has 27 heavy (non-hydrogen) atoms. The molecule has 1 amide bonds. The monoisotopic (exact) mass is 379 g/mol. The van der Waals surface area contributed by atoms with Crippen LogP contribution in [0.2, 0.25) is 0 Å². The number of ether oxygens (including phenoxy) is 2. The molecule has 0 radical (unpaired) electrons. The average Bonchev–Trinajstić information content (AvgIpc) is 3.13. The highest BCUT2D eigenvalue weighted by Crippen LogP contribution is 2.33. The van der Waals surface area contributed by atoms with E-state index in [1.54, 1.807) is 42.6 Å². The number of pyridine rings is 1. The molecule has 0 saturated carbocycles. The summed E-state index contributed by atoms with van der Waals surface area (Å²) < 4.78 is 12.5. The maximum Gasteiger partial charge on any atom is 0.266 e. The topological polar surface area (TPSA) is 81.9 Å². The molecule has 1 N–H and O–H groups in total. The Hall–Kier alpha value is -3.39. The maximum absolute atomic E-state index is 12.6. The van der Waals surface area contributed by atoms with E-state index >= 15 is 0 Å². The molecular weight excluding hydrogens is 366 g/mol. The molecular formula is C19H13N3O4S. The van der Waals surface area contributed by atoms with Crippen LogP contribution in [0.5, 0.6) is 11.5 Å². The third kappa shape index (κ3) is 2.70. The molecule has 0 spiro atoms. The van der Waals surface area contributed by atoms with Gasteiger partial charge in [0.2, 0.25) is 0 Å². The van der Waals surface area contributed by atoms with Crippen molar-refractivity contribution in [2.24, 2.45) is 0 Å². The van der Waals surface area contributed by atoms with E-state index in [0.29, 0.717) is 51.1 Å². The molecule has 0 bridgehead atoms. The maximum atomic E-state index is 12.6. The van der Waals surface area contributed by atoms with Crippen molar-refractivity contribution in [1.82, 2.24) is 9.38 Å². The Morgan fingerprint density at radius 3 is 2.85 bits per heavy atom. The van der Waals surface area contributed by atoms with E-state index in [2.05, 4.69) is 10.3 Å². The van der Waals surface area contributed by atoms with Gasteiger partial charge in [0, 0.05) is 18.0 Å². The minimum Gasteiger partial charge on any atom is -0.486 e. The summed E-state index contributed by atoms with van der Waals surface area (Å²) in [4.78, 5) is 30.7. The second-order valence-electron chi connectivity index (χ2n) is 5.99. The minimum absolute atomic E-state index is 0.190. The number of hydrogen-bond acceptors (Lipinski definition) is 6. The van der Waals surface area contributed by atoms with Gasteiger partial charge in [-0.3, -0.25) is 14.0 Å². The number of anilines is 1. The first-order valence-electron chi connectivity index (χ1n) is 8.31. The molecule has 4 heterocycles. The lowest BCUT2D eigenvalue weighted by Crippen LogP contribution is -2.16. The average molecular weight is 379 g/mol. The fourth-order valence-corrected chi connectivity index (χ4v) is 3.90. The predicted molar refractivity (Wildman–Crippen MR) is 102 cm³/mol. The van der Waals surface area contributed by atoms with Gasteiger partial charge in [0.05, 0.1) is 10.3 Å². The zero-order valence-corrected chi connectivity index (χ0v) is 14.8. The molecule has 5 rings (SSSR count). The lowest BCUT2D eigenvalue weighted by atomic mass is 10.2. The number of benzene rings is 1. The summed E-state index contributed by atoms with van der Waals surface area (Å²) in [6.45, 7) is 0.987. The van der Waals surface area contributed by atoms with Crippen LogP contribution >= 0.6 is 11.3 Å². The summed E-state index contributed by atoms with van der Waals surface area (Å²) in [7, 11) is 0. The molecule has 1 aliphatic heterocycles. The highest BCUT2D eigenvalue weighted by Gasteiger charge is 2.17. The van der Waals surface area contributed by atoms with E-state index in [1.807, 2.05) is 6.07 Å². The highest BCUT2D eigenvalue weighted by molar-refractivity contribution is 7.20. The van der Waals surface area contributed by atoms with Gasteiger partial charge < -0.3 is 14.8 Å². The van der Waals surface area contributed by atoms with Crippen molar-refractivity contribution in [2.45, 2.75) is 0 Å². The third-order valence-electron chi connectivity index (χ3n) is 4.24. The van der Waals surface area contributed by atoms with Crippen LogP contribution in [0.3, 0.4) is 0 Å². The molecule has 0 atom stereocenters. The minimum atomic E-state index is -0.303. The first kappa shape index (κ1) is 15.8. The van der Waals surface area contributed by atoms with Crippen LogP contribution in [-0.2, 0) is 0 Å². The number of nitrogens with zero attached hydrogens (tertiary/aromatic N) is 2. The van der Waals surface area contributed by atoms with Crippen molar-refractivity contribution in [3.63, 3.8) is 0 Å². The number of hydrogen-bond donors (Lipinski definition) is 1. The van der Waals surface area contributed by atoms with Crippen molar-refractivity contribution in [3.8, 4) is 11.5 Å². The lowest BCUT2D eigenvalue weighted by molar-refractivity contribution is 0.103. The number of amides is 1. The third-order valence-corrected chi connectivity index (χ3v) is 5.27. The normalized spacial score (nSPS) is 13.0. The van der Waals surface area contributed by atoms with E-state index in [1.165, 1.54) is 15.7 Å². The fourth-order valence-electron chi connectivity index (χ4n) is 2.97. The Morgan fingerprint density at radius 1 is 1.11 bits per heavy atom. The number of rotatable bonds is 2.